The summed E-state index contributed by atoms with van der Waals surface area (Å²) in [6, 6.07) is 0.339. The van der Waals surface area contributed by atoms with Crippen molar-refractivity contribution in [3.63, 3.8) is 0 Å². The first-order valence-corrected chi connectivity index (χ1v) is 6.45. The monoisotopic (exact) mass is 296 g/mol. The van der Waals surface area contributed by atoms with Crippen LogP contribution in [0.1, 0.15) is 37.0 Å². The van der Waals surface area contributed by atoms with Crippen molar-refractivity contribution < 1.29 is 24.0 Å². The molecular weight excluding hydrogens is 276 g/mol. The Balaban J connectivity index is 2.71. The smallest absolute Gasteiger partial charge is 0.328 e. The van der Waals surface area contributed by atoms with Crippen molar-refractivity contribution in [3.8, 4) is 0 Å². The number of aromatic nitrogens is 1. The Morgan fingerprint density at radius 3 is 2.71 bits per heavy atom. The molecule has 0 saturated heterocycles. The minimum atomic E-state index is -1.19. The van der Waals surface area contributed by atoms with Gasteiger partial charge in [-0.15, -0.1) is 6.58 Å². The highest BCUT2D eigenvalue weighted by Gasteiger charge is 2.25. The Bertz CT molecular complexity index is 516. The average Bonchev–Trinajstić information content (AvgIpc) is 2.86. The van der Waals surface area contributed by atoms with E-state index in [2.05, 4.69) is 17.1 Å². The van der Waals surface area contributed by atoms with Gasteiger partial charge in [-0.2, -0.15) is 0 Å². The molecule has 1 aromatic rings. The minimum absolute atomic E-state index is 0.0369. The molecule has 0 spiro atoms. The lowest BCUT2D eigenvalue weighted by molar-refractivity contribution is -0.140. The fourth-order valence-corrected chi connectivity index (χ4v) is 1.41. The van der Waals surface area contributed by atoms with Crippen molar-refractivity contribution in [1.29, 1.82) is 0 Å². The molecule has 116 valence electrons. The summed E-state index contributed by atoms with van der Waals surface area (Å²) in [7, 11) is 0. The van der Waals surface area contributed by atoms with E-state index in [1.165, 1.54) is 12.1 Å². The van der Waals surface area contributed by atoms with Gasteiger partial charge in [0.25, 0.3) is 5.91 Å². The highest BCUT2D eigenvalue weighted by Crippen LogP contribution is 2.22. The van der Waals surface area contributed by atoms with Crippen molar-refractivity contribution in [2.75, 3.05) is 13.2 Å². The van der Waals surface area contributed by atoms with Crippen LogP contribution in [0.15, 0.2) is 23.2 Å². The third kappa shape index (κ3) is 5.03. The fourth-order valence-electron chi connectivity index (χ4n) is 1.41. The second-order valence-electron chi connectivity index (χ2n) is 5.52. The third-order valence-corrected chi connectivity index (χ3v) is 2.61. The normalized spacial score (nSPS) is 12.7. The largest absolute Gasteiger partial charge is 0.480 e. The number of carboxylic acid groups (broad SMARTS) is 1. The quantitative estimate of drug-likeness (QED) is 0.582. The molecule has 21 heavy (non-hydrogen) atoms. The van der Waals surface area contributed by atoms with Gasteiger partial charge in [-0.3, -0.25) is 4.79 Å². The van der Waals surface area contributed by atoms with Gasteiger partial charge >= 0.3 is 5.97 Å². The van der Waals surface area contributed by atoms with E-state index in [1.54, 1.807) is 0 Å². The zero-order chi connectivity index (χ0) is 16.0. The van der Waals surface area contributed by atoms with Gasteiger partial charge in [0.2, 0.25) is 0 Å². The van der Waals surface area contributed by atoms with Crippen molar-refractivity contribution >= 4 is 11.9 Å². The van der Waals surface area contributed by atoms with Gasteiger partial charge < -0.3 is 19.7 Å². The molecule has 0 aliphatic rings. The predicted octanol–water partition coefficient (Wildman–Crippen LogP) is 1.36. The number of hydrogen-bond donors (Lipinski definition) is 2. The summed E-state index contributed by atoms with van der Waals surface area (Å²) >= 11 is 0. The van der Waals surface area contributed by atoms with Crippen LogP contribution in [0.3, 0.4) is 0 Å². The van der Waals surface area contributed by atoms with Crippen molar-refractivity contribution in [3.05, 3.63) is 30.2 Å². The van der Waals surface area contributed by atoms with Gasteiger partial charge in [-0.05, 0) is 0 Å². The van der Waals surface area contributed by atoms with Crippen molar-refractivity contribution in [2.45, 2.75) is 32.2 Å². The van der Waals surface area contributed by atoms with Gasteiger partial charge in [0, 0.05) is 11.5 Å². The number of rotatable bonds is 7. The van der Waals surface area contributed by atoms with Crippen molar-refractivity contribution in [1.82, 2.24) is 10.5 Å². The lowest BCUT2D eigenvalue weighted by atomic mass is 9.93. The lowest BCUT2D eigenvalue weighted by Crippen LogP contribution is -2.44. The zero-order valence-electron chi connectivity index (χ0n) is 12.4. The molecule has 0 saturated carbocycles. The number of nitrogens with zero attached hydrogens (tertiary/aromatic N) is 1. The van der Waals surface area contributed by atoms with Crippen LogP contribution >= 0.6 is 0 Å². The second-order valence-corrected chi connectivity index (χ2v) is 5.52. The fraction of sp³-hybridized carbons (Fsp3) is 0.500. The van der Waals surface area contributed by atoms with E-state index in [1.807, 2.05) is 20.8 Å². The number of aliphatic carboxylic acids is 1. The van der Waals surface area contributed by atoms with Crippen LogP contribution in [0.4, 0.5) is 0 Å². The van der Waals surface area contributed by atoms with E-state index in [0.29, 0.717) is 5.76 Å². The first-order valence-electron chi connectivity index (χ1n) is 6.45. The molecule has 7 heteroatoms. The third-order valence-electron chi connectivity index (χ3n) is 2.61. The van der Waals surface area contributed by atoms with E-state index >= 15 is 0 Å². The number of carbonyl (C=O) groups is 2. The Morgan fingerprint density at radius 2 is 2.24 bits per heavy atom. The predicted molar refractivity (Wildman–Crippen MR) is 75.1 cm³/mol. The number of nitrogens with one attached hydrogen (secondary N) is 1. The van der Waals surface area contributed by atoms with Crippen LogP contribution in [-0.2, 0) is 14.9 Å². The maximum atomic E-state index is 12.0. The standard InChI is InChI=1S/C14H20N2O5/c1-5-6-20-8-10(13(18)19)15-12(17)9-7-11(21-16-9)14(2,3)4/h5,7,10H,1,6,8H2,2-4H3,(H,15,17)(H,18,19). The molecule has 1 rings (SSSR count). The molecule has 2 N–H and O–H groups in total. The molecule has 1 heterocycles. The summed E-state index contributed by atoms with van der Waals surface area (Å²) in [6.45, 7) is 9.25. The highest BCUT2D eigenvalue weighted by atomic mass is 16.5. The Morgan fingerprint density at radius 1 is 1.57 bits per heavy atom. The number of hydrogen-bond acceptors (Lipinski definition) is 5. The van der Waals surface area contributed by atoms with Gasteiger partial charge in [-0.1, -0.05) is 32.0 Å². The molecule has 1 amide bonds. The first-order chi connectivity index (χ1) is 9.75. The Kier molecular flexibility index (Phi) is 5.66. The molecule has 1 aromatic heterocycles. The van der Waals surface area contributed by atoms with Crippen LogP contribution < -0.4 is 5.32 Å². The zero-order valence-corrected chi connectivity index (χ0v) is 12.4. The van der Waals surface area contributed by atoms with E-state index in [-0.39, 0.29) is 24.3 Å². The van der Waals surface area contributed by atoms with Gasteiger partial charge in [-0.25, -0.2) is 4.79 Å². The van der Waals surface area contributed by atoms with Crippen LogP contribution in [-0.4, -0.2) is 41.4 Å². The Labute approximate surface area is 123 Å². The molecule has 0 aliphatic heterocycles. The number of amides is 1. The lowest BCUT2D eigenvalue weighted by Gasteiger charge is -2.13. The van der Waals surface area contributed by atoms with Crippen LogP contribution in [0.2, 0.25) is 0 Å². The molecule has 7 nitrogen and oxygen atoms in total. The summed E-state index contributed by atoms with van der Waals surface area (Å²) in [5.74, 6) is -1.27. The maximum Gasteiger partial charge on any atom is 0.328 e. The maximum absolute atomic E-state index is 12.0. The molecule has 1 atom stereocenters. The summed E-state index contributed by atoms with van der Waals surface area (Å²) < 4.78 is 10.1. The molecular formula is C14H20N2O5. The van der Waals surface area contributed by atoms with Crippen LogP contribution in [0.25, 0.3) is 0 Å². The van der Waals surface area contributed by atoms with Crippen molar-refractivity contribution in [2.24, 2.45) is 0 Å². The minimum Gasteiger partial charge on any atom is -0.480 e. The van der Waals surface area contributed by atoms with Gasteiger partial charge in [0.15, 0.2) is 11.7 Å². The molecule has 0 radical (unpaired) electrons. The average molecular weight is 296 g/mol. The highest BCUT2D eigenvalue weighted by molar-refractivity contribution is 5.94. The van der Waals surface area contributed by atoms with E-state index in [4.69, 9.17) is 14.4 Å². The summed E-state index contributed by atoms with van der Waals surface area (Å²) in [6.07, 6.45) is 1.49. The van der Waals surface area contributed by atoms with Gasteiger partial charge in [0.05, 0.1) is 13.2 Å². The summed E-state index contributed by atoms with van der Waals surface area (Å²) in [4.78, 5) is 23.0. The topological polar surface area (TPSA) is 102 Å². The molecule has 0 aromatic carbocycles. The first kappa shape index (κ1) is 16.9. The van der Waals surface area contributed by atoms with Crippen LogP contribution in [0.5, 0.6) is 0 Å². The summed E-state index contributed by atoms with van der Waals surface area (Å²) in [5, 5.41) is 15.0. The van der Waals surface area contributed by atoms with Gasteiger partial charge in [0.1, 0.15) is 5.76 Å². The second kappa shape index (κ2) is 7.03. The number of carbonyl (C=O) groups excluding carboxylic acids is 1. The molecule has 1 unspecified atom stereocenters. The SMILES string of the molecule is C=CCOCC(NC(=O)c1cc(C(C)(C)C)on1)C(=O)O. The van der Waals surface area contributed by atoms with E-state index in [0.717, 1.165) is 0 Å². The Hall–Kier alpha value is -2.15. The molecule has 0 bridgehead atoms. The van der Waals surface area contributed by atoms with Crippen LogP contribution in [0, 0.1) is 0 Å². The number of carboxylic acids is 1. The molecule has 0 fully saturated rings. The number of ether oxygens (including phenoxy) is 1. The van der Waals surface area contributed by atoms with E-state index < -0.39 is 17.9 Å². The van der Waals surface area contributed by atoms with E-state index in [9.17, 15) is 9.59 Å². The summed E-state index contributed by atoms with van der Waals surface area (Å²) in [5.41, 5.74) is -0.250. The molecule has 0 aliphatic carbocycles.